The number of primary amides is 1. The minimum absolute atomic E-state index is 0.151. The second-order valence-electron chi connectivity index (χ2n) is 7.06. The van der Waals surface area contributed by atoms with E-state index in [2.05, 4.69) is 15.6 Å². The topological polar surface area (TPSA) is 111 Å². The first kappa shape index (κ1) is 19.3. The SMILES string of the molecule is COc1ccc(C(N)=O)cc1NC(=O)N[C@H](Cn1ccnc1)C(C)(C)C. The third kappa shape index (κ3) is 4.98. The van der Waals surface area contributed by atoms with Crippen LogP contribution in [0.1, 0.15) is 31.1 Å². The molecule has 2 rings (SSSR count). The van der Waals surface area contributed by atoms with E-state index in [1.54, 1.807) is 24.7 Å². The highest BCUT2D eigenvalue weighted by Crippen LogP contribution is 2.26. The number of imidazole rings is 1. The van der Waals surface area contributed by atoms with Crippen LogP contribution in [0.15, 0.2) is 36.9 Å². The van der Waals surface area contributed by atoms with Gasteiger partial charge in [0.1, 0.15) is 5.75 Å². The molecule has 8 heteroatoms. The zero-order chi connectivity index (χ0) is 19.3. The summed E-state index contributed by atoms with van der Waals surface area (Å²) >= 11 is 0. The maximum atomic E-state index is 12.5. The van der Waals surface area contributed by atoms with Gasteiger partial charge in [0.05, 0.1) is 25.2 Å². The number of hydrogen-bond donors (Lipinski definition) is 3. The van der Waals surface area contributed by atoms with Crippen LogP contribution in [0.4, 0.5) is 10.5 Å². The first-order valence-corrected chi connectivity index (χ1v) is 8.22. The number of nitrogens with zero attached hydrogens (tertiary/aromatic N) is 2. The Morgan fingerprint density at radius 2 is 2.08 bits per heavy atom. The summed E-state index contributed by atoms with van der Waals surface area (Å²) in [7, 11) is 1.49. The van der Waals surface area contributed by atoms with E-state index in [0.717, 1.165) is 0 Å². The summed E-state index contributed by atoms with van der Waals surface area (Å²) in [6.45, 7) is 6.71. The van der Waals surface area contributed by atoms with Crippen molar-refractivity contribution >= 4 is 17.6 Å². The molecule has 3 amide bonds. The Bertz CT molecular complexity index is 766. The number of aromatic nitrogens is 2. The van der Waals surface area contributed by atoms with Crippen LogP contribution in [-0.2, 0) is 6.54 Å². The van der Waals surface area contributed by atoms with Crippen LogP contribution >= 0.6 is 0 Å². The number of amides is 3. The summed E-state index contributed by atoms with van der Waals surface area (Å²) in [6.07, 6.45) is 5.25. The Morgan fingerprint density at radius 3 is 2.62 bits per heavy atom. The van der Waals surface area contributed by atoms with E-state index in [0.29, 0.717) is 18.0 Å². The number of nitrogens with one attached hydrogen (secondary N) is 2. The molecule has 1 heterocycles. The molecule has 140 valence electrons. The molecule has 0 saturated carbocycles. The molecule has 4 N–H and O–H groups in total. The van der Waals surface area contributed by atoms with Crippen molar-refractivity contribution in [1.82, 2.24) is 14.9 Å². The zero-order valence-corrected chi connectivity index (χ0v) is 15.4. The molecular formula is C18H25N5O3. The normalized spacial score (nSPS) is 12.3. The summed E-state index contributed by atoms with van der Waals surface area (Å²) < 4.78 is 7.14. The number of rotatable bonds is 6. The van der Waals surface area contributed by atoms with Crippen molar-refractivity contribution in [2.45, 2.75) is 33.4 Å². The largest absolute Gasteiger partial charge is 0.495 e. The summed E-state index contributed by atoms with van der Waals surface area (Å²) in [4.78, 5) is 27.9. The predicted molar refractivity (Wildman–Crippen MR) is 99.1 cm³/mol. The second-order valence-corrected chi connectivity index (χ2v) is 7.06. The van der Waals surface area contributed by atoms with E-state index >= 15 is 0 Å². The van der Waals surface area contributed by atoms with Gasteiger partial charge in [-0.15, -0.1) is 0 Å². The molecule has 1 aromatic carbocycles. The number of methoxy groups -OCH3 is 1. The third-order valence-electron chi connectivity index (χ3n) is 4.04. The maximum absolute atomic E-state index is 12.5. The lowest BCUT2D eigenvalue weighted by Gasteiger charge is -2.31. The Morgan fingerprint density at radius 1 is 1.35 bits per heavy atom. The van der Waals surface area contributed by atoms with Crippen LogP contribution in [0.25, 0.3) is 0 Å². The molecule has 0 saturated heterocycles. The highest BCUT2D eigenvalue weighted by atomic mass is 16.5. The van der Waals surface area contributed by atoms with E-state index < -0.39 is 11.9 Å². The van der Waals surface area contributed by atoms with Crippen LogP contribution in [0, 0.1) is 5.41 Å². The van der Waals surface area contributed by atoms with Gasteiger partial charge in [0, 0.05) is 24.5 Å². The molecule has 0 spiro atoms. The summed E-state index contributed by atoms with van der Waals surface area (Å²) in [5.74, 6) is -0.143. The zero-order valence-electron chi connectivity index (χ0n) is 15.4. The first-order chi connectivity index (χ1) is 12.2. The fourth-order valence-electron chi connectivity index (χ4n) is 2.42. The van der Waals surface area contributed by atoms with Gasteiger partial charge in [0.15, 0.2) is 0 Å². The smallest absolute Gasteiger partial charge is 0.319 e. The molecule has 0 aliphatic carbocycles. The molecule has 0 unspecified atom stereocenters. The van der Waals surface area contributed by atoms with Gasteiger partial charge >= 0.3 is 6.03 Å². The van der Waals surface area contributed by atoms with Gasteiger partial charge < -0.3 is 25.7 Å². The van der Waals surface area contributed by atoms with Crippen molar-refractivity contribution in [3.63, 3.8) is 0 Å². The molecule has 26 heavy (non-hydrogen) atoms. The van der Waals surface area contributed by atoms with Crippen LogP contribution in [0.3, 0.4) is 0 Å². The molecule has 0 bridgehead atoms. The molecule has 2 aromatic rings. The van der Waals surface area contributed by atoms with Gasteiger partial charge in [-0.2, -0.15) is 0 Å². The lowest BCUT2D eigenvalue weighted by atomic mass is 9.86. The number of nitrogens with two attached hydrogens (primary N) is 1. The average molecular weight is 359 g/mol. The van der Waals surface area contributed by atoms with Gasteiger partial charge in [0.2, 0.25) is 5.91 Å². The Hall–Kier alpha value is -3.03. The number of anilines is 1. The highest BCUT2D eigenvalue weighted by Gasteiger charge is 2.27. The van der Waals surface area contributed by atoms with E-state index in [-0.39, 0.29) is 17.0 Å². The molecule has 1 atom stereocenters. The van der Waals surface area contributed by atoms with Gasteiger partial charge in [-0.1, -0.05) is 20.8 Å². The fraction of sp³-hybridized carbons (Fsp3) is 0.389. The monoisotopic (exact) mass is 359 g/mol. The number of carbonyl (C=O) groups is 2. The molecule has 0 aliphatic rings. The van der Waals surface area contributed by atoms with Crippen molar-refractivity contribution in [2.24, 2.45) is 11.1 Å². The van der Waals surface area contributed by atoms with E-state index in [1.807, 2.05) is 31.5 Å². The second kappa shape index (κ2) is 7.90. The standard InChI is InChI=1S/C18H25N5O3/c1-18(2,3)15(10-23-8-7-20-11-23)22-17(25)21-13-9-12(16(19)24)5-6-14(13)26-4/h5-9,11,15H,10H2,1-4H3,(H2,19,24)(H2,21,22,25)/t15-/m1/s1. The van der Waals surface area contributed by atoms with Gasteiger partial charge in [-0.25, -0.2) is 9.78 Å². The van der Waals surface area contributed by atoms with E-state index in [9.17, 15) is 9.59 Å². The molecule has 8 nitrogen and oxygen atoms in total. The summed E-state index contributed by atoms with van der Waals surface area (Å²) in [5.41, 5.74) is 5.78. The molecule has 0 radical (unpaired) electrons. The minimum atomic E-state index is -0.580. The van der Waals surface area contributed by atoms with Crippen molar-refractivity contribution in [2.75, 3.05) is 12.4 Å². The quantitative estimate of drug-likeness (QED) is 0.734. The molecule has 0 fully saturated rings. The molecule has 1 aromatic heterocycles. The number of hydrogen-bond acceptors (Lipinski definition) is 4. The van der Waals surface area contributed by atoms with Gasteiger partial charge in [-0.3, -0.25) is 4.79 Å². The minimum Gasteiger partial charge on any atom is -0.495 e. The molecule has 0 aliphatic heterocycles. The van der Waals surface area contributed by atoms with E-state index in [1.165, 1.54) is 13.2 Å². The Labute approximate surface area is 152 Å². The first-order valence-electron chi connectivity index (χ1n) is 8.22. The van der Waals surface area contributed by atoms with Crippen LogP contribution in [-0.4, -0.2) is 34.6 Å². The van der Waals surface area contributed by atoms with Crippen molar-refractivity contribution in [3.8, 4) is 5.75 Å². The average Bonchev–Trinajstić information content (AvgIpc) is 3.06. The highest BCUT2D eigenvalue weighted by molar-refractivity contribution is 5.97. The van der Waals surface area contributed by atoms with Crippen LogP contribution in [0.5, 0.6) is 5.75 Å². The number of carbonyl (C=O) groups excluding carboxylic acids is 2. The fourth-order valence-corrected chi connectivity index (χ4v) is 2.42. The summed E-state index contributed by atoms with van der Waals surface area (Å²) in [6, 6.07) is 4.07. The number of urea groups is 1. The van der Waals surface area contributed by atoms with Gasteiger partial charge in [-0.05, 0) is 23.6 Å². The van der Waals surface area contributed by atoms with Crippen molar-refractivity contribution in [3.05, 3.63) is 42.5 Å². The van der Waals surface area contributed by atoms with Crippen molar-refractivity contribution < 1.29 is 14.3 Å². The lowest BCUT2D eigenvalue weighted by Crippen LogP contribution is -2.47. The third-order valence-corrected chi connectivity index (χ3v) is 4.04. The number of benzene rings is 1. The molecular weight excluding hydrogens is 334 g/mol. The van der Waals surface area contributed by atoms with E-state index in [4.69, 9.17) is 10.5 Å². The van der Waals surface area contributed by atoms with Crippen LogP contribution < -0.4 is 21.1 Å². The van der Waals surface area contributed by atoms with Crippen LogP contribution in [0.2, 0.25) is 0 Å². The van der Waals surface area contributed by atoms with Crippen molar-refractivity contribution in [1.29, 1.82) is 0 Å². The predicted octanol–water partition coefficient (Wildman–Crippen LogP) is 2.23. The Kier molecular flexibility index (Phi) is 5.86. The van der Waals surface area contributed by atoms with Gasteiger partial charge in [0.25, 0.3) is 0 Å². The number of ether oxygens (including phenoxy) is 1. The summed E-state index contributed by atoms with van der Waals surface area (Å²) in [5, 5.41) is 5.70. The lowest BCUT2D eigenvalue weighted by molar-refractivity contribution is 0.1000. The maximum Gasteiger partial charge on any atom is 0.319 e. The Balaban J connectivity index is 2.15.